The Balaban J connectivity index is 3.06. The number of benzene rings is 1. The van der Waals surface area contributed by atoms with E-state index in [0.29, 0.717) is 11.3 Å². The van der Waals surface area contributed by atoms with Crippen LogP contribution in [0.25, 0.3) is 0 Å². The van der Waals surface area contributed by atoms with Crippen LogP contribution >= 0.6 is 0 Å². The van der Waals surface area contributed by atoms with Gasteiger partial charge in [0.15, 0.2) is 6.10 Å². The number of rotatable bonds is 3. The zero-order chi connectivity index (χ0) is 11.4. The number of nitriles is 1. The van der Waals surface area contributed by atoms with E-state index >= 15 is 0 Å². The summed E-state index contributed by atoms with van der Waals surface area (Å²) in [6.45, 7) is 3.18. The molecule has 0 radical (unpaired) electrons. The molecule has 0 saturated heterocycles. The average Bonchev–Trinajstić information content (AvgIpc) is 2.20. The molecule has 1 aromatic carbocycles. The largest absolute Gasteiger partial charge is 0.475 e. The fourth-order valence-electron chi connectivity index (χ4n) is 1.15. The number of nitro groups is 1. The van der Waals surface area contributed by atoms with Gasteiger partial charge >= 0.3 is 0 Å². The van der Waals surface area contributed by atoms with Crippen LogP contribution in [0.3, 0.4) is 0 Å². The Hall–Kier alpha value is -2.09. The summed E-state index contributed by atoms with van der Waals surface area (Å²) in [5.41, 5.74) is 0.433. The van der Waals surface area contributed by atoms with Crippen LogP contribution in [0.5, 0.6) is 5.75 Å². The second-order valence-corrected chi connectivity index (χ2v) is 3.05. The van der Waals surface area contributed by atoms with Gasteiger partial charge in [-0.15, -0.1) is 0 Å². The number of hydrogen-bond acceptors (Lipinski definition) is 4. The highest BCUT2D eigenvalue weighted by Crippen LogP contribution is 2.27. The van der Waals surface area contributed by atoms with Crippen molar-refractivity contribution in [3.63, 3.8) is 0 Å². The summed E-state index contributed by atoms with van der Waals surface area (Å²) in [7, 11) is 0. The monoisotopic (exact) mass is 206 g/mol. The van der Waals surface area contributed by atoms with E-state index in [4.69, 9.17) is 10.00 Å². The standard InChI is InChI=1S/C10H10N2O3/c1-7(6-11)15-10-5-3-4-9(8(10)2)12(13)14/h3-5,7H,1-2H3. The van der Waals surface area contributed by atoms with Crippen molar-refractivity contribution in [3.05, 3.63) is 33.9 Å². The minimum absolute atomic E-state index is 0.00219. The Bertz CT molecular complexity index is 423. The van der Waals surface area contributed by atoms with Crippen molar-refractivity contribution >= 4 is 5.69 Å². The first-order chi connectivity index (χ1) is 7.06. The third kappa shape index (κ3) is 2.44. The molecule has 5 nitrogen and oxygen atoms in total. The molecule has 5 heteroatoms. The third-order valence-corrected chi connectivity index (χ3v) is 1.94. The lowest BCUT2D eigenvalue weighted by atomic mass is 10.2. The lowest BCUT2D eigenvalue weighted by Crippen LogP contribution is -2.09. The van der Waals surface area contributed by atoms with Gasteiger partial charge in [-0.1, -0.05) is 6.07 Å². The van der Waals surface area contributed by atoms with E-state index in [0.717, 1.165) is 0 Å². The summed E-state index contributed by atoms with van der Waals surface area (Å²) < 4.78 is 5.22. The van der Waals surface area contributed by atoms with Crippen molar-refractivity contribution in [3.8, 4) is 11.8 Å². The van der Waals surface area contributed by atoms with Crippen LogP contribution < -0.4 is 4.74 Å². The zero-order valence-corrected chi connectivity index (χ0v) is 8.43. The molecule has 78 valence electrons. The van der Waals surface area contributed by atoms with Gasteiger partial charge in [0.25, 0.3) is 5.69 Å². The summed E-state index contributed by atoms with van der Waals surface area (Å²) in [4.78, 5) is 10.1. The number of ether oxygens (including phenoxy) is 1. The van der Waals surface area contributed by atoms with E-state index in [1.165, 1.54) is 12.1 Å². The lowest BCUT2D eigenvalue weighted by molar-refractivity contribution is -0.385. The second kappa shape index (κ2) is 4.42. The van der Waals surface area contributed by atoms with Gasteiger partial charge in [0.05, 0.1) is 10.5 Å². The van der Waals surface area contributed by atoms with Crippen molar-refractivity contribution in [1.29, 1.82) is 5.26 Å². The molecule has 15 heavy (non-hydrogen) atoms. The van der Waals surface area contributed by atoms with Gasteiger partial charge in [-0.25, -0.2) is 0 Å². The van der Waals surface area contributed by atoms with Crippen LogP contribution in [0, 0.1) is 28.4 Å². The van der Waals surface area contributed by atoms with Crippen LogP contribution in [0.4, 0.5) is 5.69 Å². The molecule has 0 saturated carbocycles. The van der Waals surface area contributed by atoms with Crippen LogP contribution in [-0.2, 0) is 0 Å². The van der Waals surface area contributed by atoms with E-state index in [1.807, 2.05) is 6.07 Å². The SMILES string of the molecule is Cc1c(OC(C)C#N)cccc1[N+](=O)[O-]. The predicted molar refractivity (Wildman–Crippen MR) is 53.5 cm³/mol. The quantitative estimate of drug-likeness (QED) is 0.561. The van der Waals surface area contributed by atoms with E-state index in [-0.39, 0.29) is 5.69 Å². The van der Waals surface area contributed by atoms with Crippen molar-refractivity contribution < 1.29 is 9.66 Å². The molecule has 1 atom stereocenters. The molecule has 0 aliphatic heterocycles. The Kier molecular flexibility index (Phi) is 3.24. The third-order valence-electron chi connectivity index (χ3n) is 1.94. The minimum atomic E-state index is -0.620. The Morgan fingerprint density at radius 3 is 2.80 bits per heavy atom. The first-order valence-corrected chi connectivity index (χ1v) is 4.36. The molecule has 1 unspecified atom stereocenters. The van der Waals surface area contributed by atoms with E-state index in [1.54, 1.807) is 19.9 Å². The number of nitrogens with zero attached hydrogens (tertiary/aromatic N) is 2. The van der Waals surface area contributed by atoms with E-state index < -0.39 is 11.0 Å². The summed E-state index contributed by atoms with van der Waals surface area (Å²) >= 11 is 0. The molecule has 0 spiro atoms. The highest BCUT2D eigenvalue weighted by Gasteiger charge is 2.15. The van der Waals surface area contributed by atoms with Gasteiger partial charge < -0.3 is 4.74 Å². The minimum Gasteiger partial charge on any atom is -0.475 e. The molecule has 0 aliphatic carbocycles. The number of hydrogen-bond donors (Lipinski definition) is 0. The van der Waals surface area contributed by atoms with Crippen molar-refractivity contribution in [2.24, 2.45) is 0 Å². The van der Waals surface area contributed by atoms with E-state index in [9.17, 15) is 10.1 Å². The Morgan fingerprint density at radius 2 is 2.27 bits per heavy atom. The molecule has 0 aliphatic rings. The molecule has 0 heterocycles. The fraction of sp³-hybridized carbons (Fsp3) is 0.300. The van der Waals surface area contributed by atoms with Gasteiger partial charge in [0.2, 0.25) is 0 Å². The highest BCUT2D eigenvalue weighted by molar-refractivity contribution is 5.48. The summed E-state index contributed by atoms with van der Waals surface area (Å²) in [6.07, 6.45) is -0.620. The second-order valence-electron chi connectivity index (χ2n) is 3.05. The first-order valence-electron chi connectivity index (χ1n) is 4.36. The summed E-state index contributed by atoms with van der Waals surface area (Å²) in [6, 6.07) is 6.44. The molecule has 1 aromatic rings. The van der Waals surface area contributed by atoms with E-state index in [2.05, 4.69) is 0 Å². The smallest absolute Gasteiger partial charge is 0.276 e. The zero-order valence-electron chi connectivity index (χ0n) is 8.43. The Morgan fingerprint density at radius 1 is 1.60 bits per heavy atom. The first kappa shape index (κ1) is 11.0. The van der Waals surface area contributed by atoms with Crippen LogP contribution in [-0.4, -0.2) is 11.0 Å². The molecule has 1 rings (SSSR count). The maximum Gasteiger partial charge on any atom is 0.276 e. The predicted octanol–water partition coefficient (Wildman–Crippen LogP) is 2.19. The van der Waals surface area contributed by atoms with Crippen LogP contribution in [0.2, 0.25) is 0 Å². The fourth-order valence-corrected chi connectivity index (χ4v) is 1.15. The average molecular weight is 206 g/mol. The van der Waals surface area contributed by atoms with Gasteiger partial charge in [0.1, 0.15) is 11.8 Å². The van der Waals surface area contributed by atoms with Crippen molar-refractivity contribution in [2.45, 2.75) is 20.0 Å². The van der Waals surface area contributed by atoms with Gasteiger partial charge in [0, 0.05) is 6.07 Å². The van der Waals surface area contributed by atoms with Crippen LogP contribution in [0.1, 0.15) is 12.5 Å². The molecule has 0 N–H and O–H groups in total. The van der Waals surface area contributed by atoms with Gasteiger partial charge in [-0.3, -0.25) is 10.1 Å². The molecule has 0 amide bonds. The molecule has 0 aromatic heterocycles. The molecule has 0 fully saturated rings. The summed E-state index contributed by atoms with van der Waals surface area (Å²) in [5, 5.41) is 19.2. The highest BCUT2D eigenvalue weighted by atomic mass is 16.6. The summed E-state index contributed by atoms with van der Waals surface area (Å²) in [5.74, 6) is 0.373. The molecular formula is C10H10N2O3. The van der Waals surface area contributed by atoms with Gasteiger partial charge in [-0.05, 0) is 19.9 Å². The maximum absolute atomic E-state index is 10.6. The maximum atomic E-state index is 10.6. The van der Waals surface area contributed by atoms with Crippen molar-refractivity contribution in [1.82, 2.24) is 0 Å². The van der Waals surface area contributed by atoms with Crippen LogP contribution in [0.15, 0.2) is 18.2 Å². The molecular weight excluding hydrogens is 196 g/mol. The Labute approximate surface area is 87.1 Å². The normalized spacial score (nSPS) is 11.5. The van der Waals surface area contributed by atoms with Gasteiger partial charge in [-0.2, -0.15) is 5.26 Å². The topological polar surface area (TPSA) is 76.2 Å². The lowest BCUT2D eigenvalue weighted by Gasteiger charge is -2.09. The molecule has 0 bridgehead atoms. The number of nitro benzene ring substituents is 1. The van der Waals surface area contributed by atoms with Crippen molar-refractivity contribution in [2.75, 3.05) is 0 Å².